The SMILES string of the molecule is F[P-](F)(F)(F)(F)F.F[P-](F)(F)(F)(F)F.[Fe+2].c1ccc2c(c1)[nH]c1ccccc12. The Bertz CT molecular complexity index is 858. The van der Waals surface area contributed by atoms with E-state index in [9.17, 15) is 50.4 Å². The number of aromatic amines is 1. The van der Waals surface area contributed by atoms with Crippen molar-refractivity contribution in [2.24, 2.45) is 0 Å². The predicted octanol–water partition coefficient (Wildman–Crippen LogP) is 10.1. The average molecular weight is 513 g/mol. The smallest absolute Gasteiger partial charge is 0.355 e. The van der Waals surface area contributed by atoms with Crippen molar-refractivity contribution in [1.82, 2.24) is 4.98 Å². The number of halogens is 12. The first-order chi connectivity index (χ1) is 11.3. The number of nitrogens with one attached hydrogen (secondary N) is 1. The first kappa shape index (κ1) is 26.8. The molecule has 0 aliphatic rings. The van der Waals surface area contributed by atoms with Gasteiger partial charge in [0, 0.05) is 21.8 Å². The molecule has 1 aromatic heterocycles. The molecule has 0 radical (unpaired) electrons. The van der Waals surface area contributed by atoms with Crippen molar-refractivity contribution in [2.45, 2.75) is 0 Å². The van der Waals surface area contributed by atoms with Crippen molar-refractivity contribution in [2.75, 3.05) is 0 Å². The summed E-state index contributed by atoms with van der Waals surface area (Å²) < 4.78 is 118. The molecule has 0 saturated carbocycles. The Morgan fingerprint density at radius 3 is 0.929 bits per heavy atom. The Kier molecular flexibility index (Phi) is 6.11. The third kappa shape index (κ3) is 16.9. The summed E-state index contributed by atoms with van der Waals surface area (Å²) >= 11 is 0. The molecule has 16 heteroatoms. The van der Waals surface area contributed by atoms with E-state index in [2.05, 4.69) is 53.5 Å². The zero-order valence-electron chi connectivity index (χ0n) is 12.9. The molecule has 0 fully saturated rings. The molecule has 3 rings (SSSR count). The van der Waals surface area contributed by atoms with Crippen LogP contribution in [0.25, 0.3) is 21.8 Å². The van der Waals surface area contributed by atoms with Gasteiger partial charge in [0.15, 0.2) is 0 Å². The van der Waals surface area contributed by atoms with E-state index in [1.807, 2.05) is 0 Å². The van der Waals surface area contributed by atoms with Crippen LogP contribution in [0, 0.1) is 0 Å². The fraction of sp³-hybridized carbons (Fsp3) is 0. The monoisotopic (exact) mass is 513 g/mol. The van der Waals surface area contributed by atoms with Crippen LogP contribution in [0.15, 0.2) is 48.5 Å². The summed E-state index contributed by atoms with van der Waals surface area (Å²) in [6, 6.07) is 16.8. The van der Waals surface area contributed by atoms with E-state index >= 15 is 0 Å². The third-order valence-electron chi connectivity index (χ3n) is 2.41. The Morgan fingerprint density at radius 2 is 0.679 bits per heavy atom. The van der Waals surface area contributed by atoms with Gasteiger partial charge in [0.2, 0.25) is 0 Å². The van der Waals surface area contributed by atoms with Gasteiger partial charge in [0.05, 0.1) is 0 Å². The predicted molar refractivity (Wildman–Crippen MR) is 82.9 cm³/mol. The van der Waals surface area contributed by atoms with Crippen LogP contribution in [0.3, 0.4) is 0 Å². The Labute approximate surface area is 159 Å². The van der Waals surface area contributed by atoms with Gasteiger partial charge in [0.1, 0.15) is 0 Å². The van der Waals surface area contributed by atoms with Crippen LogP contribution in [0.4, 0.5) is 50.4 Å². The molecule has 0 amide bonds. The van der Waals surface area contributed by atoms with Gasteiger partial charge in [-0.25, -0.2) is 0 Å². The number of H-pyrrole nitrogens is 1. The van der Waals surface area contributed by atoms with Crippen molar-refractivity contribution in [3.63, 3.8) is 0 Å². The fourth-order valence-electron chi connectivity index (χ4n) is 1.80. The number of hydrogen-bond donors (Lipinski definition) is 1. The largest absolute Gasteiger partial charge is 2.00 e. The minimum absolute atomic E-state index is 0. The Balaban J connectivity index is 0.000000424. The Hall–Kier alpha value is -1.22. The zero-order valence-corrected chi connectivity index (χ0v) is 15.8. The molecule has 0 aliphatic carbocycles. The fourth-order valence-corrected chi connectivity index (χ4v) is 1.80. The summed E-state index contributed by atoms with van der Waals surface area (Å²) in [5, 5.41) is 2.61. The van der Waals surface area contributed by atoms with Crippen molar-refractivity contribution in [1.29, 1.82) is 0 Å². The van der Waals surface area contributed by atoms with Crippen LogP contribution in [-0.2, 0) is 17.1 Å². The first-order valence-electron chi connectivity index (χ1n) is 6.43. The van der Waals surface area contributed by atoms with Gasteiger partial charge in [-0.15, -0.1) is 0 Å². The van der Waals surface area contributed by atoms with Gasteiger partial charge in [0.25, 0.3) is 0 Å². The maximum atomic E-state index is 9.87. The van der Waals surface area contributed by atoms with Gasteiger partial charge < -0.3 is 4.98 Å². The van der Waals surface area contributed by atoms with Gasteiger partial charge in [-0.05, 0) is 12.1 Å². The third-order valence-corrected chi connectivity index (χ3v) is 2.41. The van der Waals surface area contributed by atoms with Gasteiger partial charge in [-0.2, -0.15) is 0 Å². The number of rotatable bonds is 0. The van der Waals surface area contributed by atoms with Crippen molar-refractivity contribution < 1.29 is 67.4 Å². The minimum atomic E-state index is -10.7. The second-order valence-corrected chi connectivity index (χ2v) is 8.97. The van der Waals surface area contributed by atoms with E-state index < -0.39 is 15.6 Å². The van der Waals surface area contributed by atoms with E-state index in [0.717, 1.165) is 0 Å². The topological polar surface area (TPSA) is 15.8 Å². The number of para-hydroxylation sites is 2. The molecule has 0 aliphatic heterocycles. The molecule has 0 spiro atoms. The standard InChI is InChI=1S/C12H9N.2F6P.Fe/c1-3-7-11-9(5-1)10-6-2-4-8-12(10)13-11;2*1-7(2,3,4,5)6;/h1-8,13H;;;/q;2*-1;+2. The molecule has 164 valence electrons. The molecular weight excluding hydrogens is 504 g/mol. The summed E-state index contributed by atoms with van der Waals surface area (Å²) in [7, 11) is -21.3. The van der Waals surface area contributed by atoms with Crippen LogP contribution in [-0.4, -0.2) is 4.98 Å². The zero-order chi connectivity index (χ0) is 21.5. The summed E-state index contributed by atoms with van der Waals surface area (Å²) in [6.45, 7) is 0. The molecule has 3 aromatic rings. The summed E-state index contributed by atoms with van der Waals surface area (Å²) in [4.78, 5) is 3.38. The van der Waals surface area contributed by atoms with Crippen LogP contribution in [0.1, 0.15) is 0 Å². The van der Waals surface area contributed by atoms with Crippen molar-refractivity contribution >= 4 is 37.4 Å². The van der Waals surface area contributed by atoms with Crippen molar-refractivity contribution in [3.8, 4) is 0 Å². The maximum Gasteiger partial charge on any atom is 2.00 e. The Morgan fingerprint density at radius 1 is 0.464 bits per heavy atom. The van der Waals surface area contributed by atoms with Crippen LogP contribution in [0.2, 0.25) is 0 Å². The van der Waals surface area contributed by atoms with Gasteiger partial charge in [-0.3, -0.25) is 0 Å². The van der Waals surface area contributed by atoms with Crippen LogP contribution >= 0.6 is 15.6 Å². The van der Waals surface area contributed by atoms with E-state index in [-0.39, 0.29) is 17.1 Å². The molecule has 1 N–H and O–H groups in total. The second kappa shape index (κ2) is 6.39. The molecule has 1 nitrogen and oxygen atoms in total. The molecule has 0 unspecified atom stereocenters. The van der Waals surface area contributed by atoms with E-state index in [1.165, 1.54) is 21.8 Å². The summed E-state index contributed by atoms with van der Waals surface area (Å²) in [6.07, 6.45) is 0. The normalized spacial score (nSPS) is 16.7. The van der Waals surface area contributed by atoms with E-state index in [1.54, 1.807) is 0 Å². The molecule has 0 atom stereocenters. The van der Waals surface area contributed by atoms with Crippen molar-refractivity contribution in [3.05, 3.63) is 48.5 Å². The number of aromatic nitrogens is 1. The molecule has 0 saturated heterocycles. The van der Waals surface area contributed by atoms with Gasteiger partial charge in [-0.1, -0.05) is 36.4 Å². The summed E-state index contributed by atoms with van der Waals surface area (Å²) in [5.41, 5.74) is 2.42. The van der Waals surface area contributed by atoms with Crippen LogP contribution < -0.4 is 0 Å². The molecular formula is C12H9F12FeNP2. The number of fused-ring (bicyclic) bond motifs is 3. The van der Waals surface area contributed by atoms with E-state index in [4.69, 9.17) is 0 Å². The molecule has 1 heterocycles. The first-order valence-corrected chi connectivity index (χ1v) is 10.5. The second-order valence-electron chi connectivity index (χ2n) is 5.13. The number of hydrogen-bond acceptors (Lipinski definition) is 0. The average Bonchev–Trinajstić information content (AvgIpc) is 2.69. The van der Waals surface area contributed by atoms with E-state index in [0.29, 0.717) is 0 Å². The maximum absolute atomic E-state index is 10.7. The van der Waals surface area contributed by atoms with Crippen LogP contribution in [0.5, 0.6) is 0 Å². The molecule has 28 heavy (non-hydrogen) atoms. The minimum Gasteiger partial charge on any atom is -0.355 e. The summed E-state index contributed by atoms with van der Waals surface area (Å²) in [5.74, 6) is 0. The quantitative estimate of drug-likeness (QED) is 0.175. The molecule has 2 aromatic carbocycles. The molecule has 0 bridgehead atoms. The van der Waals surface area contributed by atoms with Gasteiger partial charge >= 0.3 is 83.0 Å². The number of benzene rings is 2.